The first-order valence-corrected chi connectivity index (χ1v) is 6.24. The second-order valence-corrected chi connectivity index (χ2v) is 5.97. The Morgan fingerprint density at radius 2 is 1.72 bits per heavy atom. The molecule has 2 aromatic rings. The number of rotatable bonds is 2. The van der Waals surface area contributed by atoms with Gasteiger partial charge in [-0.1, -0.05) is 64.6 Å². The van der Waals surface area contributed by atoms with Gasteiger partial charge in [-0.3, -0.25) is 0 Å². The molecular weight excluding hydrogens is 295 g/mol. The fourth-order valence-electron chi connectivity index (χ4n) is 1.26. The summed E-state index contributed by atoms with van der Waals surface area (Å²) in [5.41, 5.74) is 2.22. The van der Waals surface area contributed by atoms with E-state index in [0.29, 0.717) is 0 Å². The molecule has 0 fully saturated rings. The first-order valence-electron chi connectivity index (χ1n) is 5.10. The predicted molar refractivity (Wildman–Crippen MR) is 73.6 cm³/mol. The molecule has 1 heterocycles. The third kappa shape index (κ3) is 3.48. The summed E-state index contributed by atoms with van der Waals surface area (Å²) in [6.45, 7) is 2.03. The predicted octanol–water partition coefficient (Wildman–Crippen LogP) is 4.38. The minimum atomic E-state index is -1.69. The van der Waals surface area contributed by atoms with Gasteiger partial charge < -0.3 is 4.42 Å². The lowest BCUT2D eigenvalue weighted by atomic mass is 10.1. The number of nitrogens with zero attached hydrogens (tertiary/aromatic N) is 2. The molecule has 94 valence electrons. The first kappa shape index (κ1) is 13.4. The fourth-order valence-corrected chi connectivity index (χ4v) is 1.49. The number of halogens is 3. The summed E-state index contributed by atoms with van der Waals surface area (Å²) >= 11 is 16.9. The Morgan fingerprint density at radius 3 is 2.28 bits per heavy atom. The third-order valence-electron chi connectivity index (χ3n) is 2.18. The van der Waals surface area contributed by atoms with Gasteiger partial charge in [0.25, 0.3) is 9.68 Å². The third-order valence-corrected chi connectivity index (χ3v) is 2.66. The average Bonchev–Trinajstić information content (AvgIpc) is 2.77. The van der Waals surface area contributed by atoms with Crippen LogP contribution in [0.2, 0.25) is 0 Å². The van der Waals surface area contributed by atoms with Gasteiger partial charge in [0.2, 0.25) is 5.89 Å². The number of aromatic nitrogens is 2. The zero-order valence-corrected chi connectivity index (χ0v) is 11.7. The molecule has 0 aliphatic heterocycles. The Bertz CT molecular complexity index is 555. The molecule has 0 bridgehead atoms. The Morgan fingerprint density at radius 1 is 1.06 bits per heavy atom. The highest BCUT2D eigenvalue weighted by Gasteiger charge is 2.29. The van der Waals surface area contributed by atoms with Crippen LogP contribution >= 0.6 is 34.8 Å². The molecule has 0 saturated carbocycles. The fraction of sp³-hybridized carbons (Fsp3) is 0.167. The molecule has 1 aromatic heterocycles. The number of hydrogen-bond donors (Lipinski definition) is 0. The molecule has 0 saturated heterocycles. The van der Waals surface area contributed by atoms with E-state index in [0.717, 1.165) is 5.56 Å². The standard InChI is InChI=1S/C12H9Cl3N2O/c1-8-2-4-9(5-3-8)6-7-10-16-17-11(18-10)12(13,14)15/h2-7H,1H3/b7-6+. The molecule has 0 aliphatic carbocycles. The summed E-state index contributed by atoms with van der Waals surface area (Å²) in [7, 11) is 0. The highest BCUT2D eigenvalue weighted by Crippen LogP contribution is 2.37. The van der Waals surface area contributed by atoms with Gasteiger partial charge >= 0.3 is 0 Å². The van der Waals surface area contributed by atoms with Crippen molar-refractivity contribution in [1.82, 2.24) is 10.2 Å². The van der Waals surface area contributed by atoms with Crippen molar-refractivity contribution in [2.75, 3.05) is 0 Å². The molecule has 0 N–H and O–H groups in total. The van der Waals surface area contributed by atoms with Crippen molar-refractivity contribution < 1.29 is 4.42 Å². The zero-order chi connectivity index (χ0) is 13.2. The van der Waals surface area contributed by atoms with Crippen molar-refractivity contribution in [2.24, 2.45) is 0 Å². The van der Waals surface area contributed by atoms with Crippen molar-refractivity contribution in [3.63, 3.8) is 0 Å². The monoisotopic (exact) mass is 302 g/mol. The molecule has 0 unspecified atom stereocenters. The normalized spacial score (nSPS) is 12.2. The van der Waals surface area contributed by atoms with Crippen molar-refractivity contribution in [1.29, 1.82) is 0 Å². The number of hydrogen-bond acceptors (Lipinski definition) is 3. The Kier molecular flexibility index (Phi) is 3.95. The number of aryl methyl sites for hydroxylation is 1. The van der Waals surface area contributed by atoms with Crippen LogP contribution in [-0.2, 0) is 3.79 Å². The Balaban J connectivity index is 2.14. The van der Waals surface area contributed by atoms with E-state index in [4.69, 9.17) is 39.2 Å². The Hall–Kier alpha value is -1.03. The van der Waals surface area contributed by atoms with Gasteiger partial charge in [-0.25, -0.2) is 0 Å². The van der Waals surface area contributed by atoms with Crippen LogP contribution in [0.25, 0.3) is 12.2 Å². The highest BCUT2D eigenvalue weighted by molar-refractivity contribution is 6.66. The summed E-state index contributed by atoms with van der Waals surface area (Å²) in [5, 5.41) is 7.41. The lowest BCUT2D eigenvalue weighted by Gasteiger charge is -2.01. The first-order chi connectivity index (χ1) is 8.45. The molecule has 0 aliphatic rings. The zero-order valence-electron chi connectivity index (χ0n) is 9.40. The maximum absolute atomic E-state index is 5.62. The molecule has 1 aromatic carbocycles. The van der Waals surface area contributed by atoms with Crippen LogP contribution in [0.4, 0.5) is 0 Å². The van der Waals surface area contributed by atoms with Crippen LogP contribution in [0, 0.1) is 6.92 Å². The maximum Gasteiger partial charge on any atom is 0.268 e. The van der Waals surface area contributed by atoms with Crippen LogP contribution in [0.15, 0.2) is 28.7 Å². The van der Waals surface area contributed by atoms with Gasteiger partial charge in [0.05, 0.1) is 0 Å². The van der Waals surface area contributed by atoms with E-state index in [2.05, 4.69) is 10.2 Å². The second kappa shape index (κ2) is 5.31. The smallest absolute Gasteiger partial charge is 0.268 e. The van der Waals surface area contributed by atoms with Crippen LogP contribution in [-0.4, -0.2) is 10.2 Å². The van der Waals surface area contributed by atoms with Gasteiger partial charge in [0.1, 0.15) is 0 Å². The van der Waals surface area contributed by atoms with Gasteiger partial charge in [0, 0.05) is 6.08 Å². The van der Waals surface area contributed by atoms with E-state index in [9.17, 15) is 0 Å². The summed E-state index contributed by atoms with van der Waals surface area (Å²) < 4.78 is 3.50. The van der Waals surface area contributed by atoms with Crippen LogP contribution in [0.5, 0.6) is 0 Å². The SMILES string of the molecule is Cc1ccc(/C=C/c2nnc(C(Cl)(Cl)Cl)o2)cc1. The largest absolute Gasteiger partial charge is 0.417 e. The van der Waals surface area contributed by atoms with E-state index in [1.54, 1.807) is 6.08 Å². The van der Waals surface area contributed by atoms with E-state index in [1.807, 2.05) is 37.3 Å². The van der Waals surface area contributed by atoms with Crippen molar-refractivity contribution in [3.05, 3.63) is 47.2 Å². The van der Waals surface area contributed by atoms with E-state index < -0.39 is 3.79 Å². The minimum absolute atomic E-state index is 0.0453. The summed E-state index contributed by atoms with van der Waals surface area (Å²) in [6, 6.07) is 8.00. The lowest BCUT2D eigenvalue weighted by Crippen LogP contribution is -1.99. The van der Waals surface area contributed by atoms with Crippen LogP contribution in [0.1, 0.15) is 22.9 Å². The van der Waals surface area contributed by atoms with Gasteiger partial charge in [-0.15, -0.1) is 10.2 Å². The molecule has 0 amide bonds. The molecule has 6 heteroatoms. The molecule has 18 heavy (non-hydrogen) atoms. The van der Waals surface area contributed by atoms with Crippen molar-refractivity contribution in [2.45, 2.75) is 10.7 Å². The topological polar surface area (TPSA) is 38.9 Å². The molecule has 3 nitrogen and oxygen atoms in total. The lowest BCUT2D eigenvalue weighted by molar-refractivity contribution is 0.493. The molecular formula is C12H9Cl3N2O. The summed E-state index contributed by atoms with van der Waals surface area (Å²) in [4.78, 5) is 0. The van der Waals surface area contributed by atoms with Gasteiger partial charge in [-0.05, 0) is 18.6 Å². The quantitative estimate of drug-likeness (QED) is 0.773. The second-order valence-electron chi connectivity index (χ2n) is 3.69. The van der Waals surface area contributed by atoms with E-state index in [-0.39, 0.29) is 11.8 Å². The number of benzene rings is 1. The van der Waals surface area contributed by atoms with E-state index in [1.165, 1.54) is 5.56 Å². The molecule has 0 atom stereocenters. The van der Waals surface area contributed by atoms with Crippen LogP contribution in [0.3, 0.4) is 0 Å². The van der Waals surface area contributed by atoms with Crippen molar-refractivity contribution >= 4 is 47.0 Å². The minimum Gasteiger partial charge on any atom is -0.417 e. The summed E-state index contributed by atoms with van der Waals surface area (Å²) in [5.74, 6) is 0.243. The van der Waals surface area contributed by atoms with E-state index >= 15 is 0 Å². The van der Waals surface area contributed by atoms with Crippen LogP contribution < -0.4 is 0 Å². The van der Waals surface area contributed by atoms with Crippen molar-refractivity contribution in [3.8, 4) is 0 Å². The average molecular weight is 304 g/mol. The number of alkyl halides is 3. The van der Waals surface area contributed by atoms with Gasteiger partial charge in [-0.2, -0.15) is 0 Å². The highest BCUT2D eigenvalue weighted by atomic mass is 35.6. The molecule has 0 spiro atoms. The summed E-state index contributed by atoms with van der Waals surface area (Å²) in [6.07, 6.45) is 3.51. The Labute approximate surface area is 119 Å². The molecule has 2 rings (SSSR count). The van der Waals surface area contributed by atoms with Gasteiger partial charge in [0.15, 0.2) is 0 Å². The molecule has 0 radical (unpaired) electrons. The maximum atomic E-state index is 5.62.